The number of halogens is 1. The molecule has 3 heterocycles. The molecule has 7 nitrogen and oxygen atoms in total. The average molecular weight is 417 g/mol. The molecular weight excluding hydrogens is 393 g/mol. The number of guanidine groups is 1. The summed E-state index contributed by atoms with van der Waals surface area (Å²) in [6.45, 7) is 8.04. The van der Waals surface area contributed by atoms with Crippen LogP contribution in [-0.2, 0) is 0 Å². The zero-order valence-corrected chi connectivity index (χ0v) is 15.3. The van der Waals surface area contributed by atoms with E-state index in [0.29, 0.717) is 0 Å². The summed E-state index contributed by atoms with van der Waals surface area (Å²) in [5.74, 6) is 1.88. The van der Waals surface area contributed by atoms with E-state index in [1.54, 1.807) is 12.4 Å². The summed E-state index contributed by atoms with van der Waals surface area (Å²) in [5, 5.41) is 3.42. The molecule has 0 spiro atoms. The van der Waals surface area contributed by atoms with Crippen molar-refractivity contribution in [1.82, 2.24) is 25.1 Å². The van der Waals surface area contributed by atoms with E-state index in [0.717, 1.165) is 64.3 Å². The van der Waals surface area contributed by atoms with E-state index in [1.165, 1.54) is 0 Å². The van der Waals surface area contributed by atoms with Crippen molar-refractivity contribution in [3.05, 3.63) is 18.5 Å². The molecule has 0 atom stereocenters. The standard InChI is InChI=1S/C14H23N7.HI/c1-19-7-5-17-13(19)18-6-8-20-9-11-21(12-10-20)14-15-3-2-4-16-14;/h2-4H,5-12H2,1H3,(H,17,18);1H. The van der Waals surface area contributed by atoms with Gasteiger partial charge in [0.1, 0.15) is 0 Å². The number of aromatic nitrogens is 2. The Morgan fingerprint density at radius 3 is 2.45 bits per heavy atom. The van der Waals surface area contributed by atoms with Gasteiger partial charge >= 0.3 is 0 Å². The molecule has 0 amide bonds. The summed E-state index contributed by atoms with van der Waals surface area (Å²) < 4.78 is 0. The molecule has 1 N–H and O–H groups in total. The first-order chi connectivity index (χ1) is 10.3. The Bertz CT molecular complexity index is 473. The molecule has 0 aromatic carbocycles. The molecule has 122 valence electrons. The van der Waals surface area contributed by atoms with Crippen molar-refractivity contribution in [2.75, 3.05) is 64.3 Å². The first-order valence-electron chi connectivity index (χ1n) is 7.57. The van der Waals surface area contributed by atoms with Crippen LogP contribution >= 0.6 is 24.0 Å². The number of rotatable bonds is 4. The molecule has 2 aliphatic rings. The van der Waals surface area contributed by atoms with Crippen molar-refractivity contribution >= 4 is 35.9 Å². The van der Waals surface area contributed by atoms with Gasteiger partial charge in [-0.2, -0.15) is 0 Å². The molecule has 8 heteroatoms. The summed E-state index contributed by atoms with van der Waals surface area (Å²) in [6, 6.07) is 1.86. The second kappa shape index (κ2) is 8.47. The smallest absolute Gasteiger partial charge is 0.225 e. The topological polar surface area (TPSA) is 59.9 Å². The second-order valence-corrected chi connectivity index (χ2v) is 5.43. The zero-order valence-electron chi connectivity index (χ0n) is 13.0. The lowest BCUT2D eigenvalue weighted by Gasteiger charge is -2.34. The van der Waals surface area contributed by atoms with Gasteiger partial charge in [-0.15, -0.1) is 24.0 Å². The van der Waals surface area contributed by atoms with E-state index >= 15 is 0 Å². The lowest BCUT2D eigenvalue weighted by molar-refractivity contribution is 0.260. The molecule has 0 aliphatic carbocycles. The second-order valence-electron chi connectivity index (χ2n) is 5.43. The monoisotopic (exact) mass is 417 g/mol. The maximum absolute atomic E-state index is 4.44. The SMILES string of the molecule is CN1CCN=C1NCCN1CCN(c2ncccn2)CC1.I. The molecule has 0 unspecified atom stereocenters. The van der Waals surface area contributed by atoms with Crippen LogP contribution in [0.2, 0.25) is 0 Å². The first-order valence-corrected chi connectivity index (χ1v) is 7.57. The van der Waals surface area contributed by atoms with Crippen molar-refractivity contribution in [3.63, 3.8) is 0 Å². The Balaban J connectivity index is 0.00000176. The van der Waals surface area contributed by atoms with Crippen molar-refractivity contribution in [2.24, 2.45) is 4.99 Å². The number of hydrogen-bond acceptors (Lipinski definition) is 7. The fraction of sp³-hybridized carbons (Fsp3) is 0.643. The highest BCUT2D eigenvalue weighted by Gasteiger charge is 2.18. The summed E-state index contributed by atoms with van der Waals surface area (Å²) in [5.41, 5.74) is 0. The van der Waals surface area contributed by atoms with E-state index in [2.05, 4.69) is 42.0 Å². The van der Waals surface area contributed by atoms with Crippen LogP contribution in [0, 0.1) is 0 Å². The Morgan fingerprint density at radius 2 is 1.82 bits per heavy atom. The highest BCUT2D eigenvalue weighted by molar-refractivity contribution is 14.0. The minimum absolute atomic E-state index is 0. The van der Waals surface area contributed by atoms with Gasteiger partial charge in [-0.1, -0.05) is 0 Å². The molecule has 1 saturated heterocycles. The van der Waals surface area contributed by atoms with Crippen molar-refractivity contribution in [3.8, 4) is 0 Å². The lowest BCUT2D eigenvalue weighted by atomic mass is 10.3. The van der Waals surface area contributed by atoms with Crippen molar-refractivity contribution in [2.45, 2.75) is 0 Å². The van der Waals surface area contributed by atoms with E-state index in [1.807, 2.05) is 6.07 Å². The maximum atomic E-state index is 4.44. The summed E-state index contributed by atoms with van der Waals surface area (Å²) in [7, 11) is 2.08. The first kappa shape index (κ1) is 17.2. The van der Waals surface area contributed by atoms with Crippen LogP contribution in [0.25, 0.3) is 0 Å². The predicted octanol–water partition coefficient (Wildman–Crippen LogP) is 0.108. The predicted molar refractivity (Wildman–Crippen MR) is 99.0 cm³/mol. The Kier molecular flexibility index (Phi) is 6.62. The summed E-state index contributed by atoms with van der Waals surface area (Å²) >= 11 is 0. The maximum Gasteiger partial charge on any atom is 0.225 e. The largest absolute Gasteiger partial charge is 0.355 e. The van der Waals surface area contributed by atoms with E-state index in [-0.39, 0.29) is 24.0 Å². The van der Waals surface area contributed by atoms with Gasteiger partial charge in [-0.25, -0.2) is 9.97 Å². The van der Waals surface area contributed by atoms with E-state index < -0.39 is 0 Å². The van der Waals surface area contributed by atoms with Gasteiger partial charge in [0.05, 0.1) is 6.54 Å². The molecule has 3 rings (SSSR count). The Hall–Kier alpha value is -1.16. The number of nitrogens with one attached hydrogen (secondary N) is 1. The fourth-order valence-corrected chi connectivity index (χ4v) is 2.68. The number of nitrogens with zero attached hydrogens (tertiary/aromatic N) is 6. The third-order valence-electron chi connectivity index (χ3n) is 3.98. The zero-order chi connectivity index (χ0) is 14.5. The van der Waals surface area contributed by atoms with Crippen LogP contribution in [0.4, 0.5) is 5.95 Å². The number of piperazine rings is 1. The van der Waals surface area contributed by atoms with E-state index in [9.17, 15) is 0 Å². The molecule has 1 aromatic heterocycles. The highest BCUT2D eigenvalue weighted by atomic mass is 127. The van der Waals surface area contributed by atoms with Crippen molar-refractivity contribution in [1.29, 1.82) is 0 Å². The van der Waals surface area contributed by atoms with Crippen LogP contribution in [0.15, 0.2) is 23.5 Å². The van der Waals surface area contributed by atoms with Crippen LogP contribution in [-0.4, -0.2) is 85.1 Å². The quantitative estimate of drug-likeness (QED) is 0.702. The van der Waals surface area contributed by atoms with Crippen LogP contribution in [0.5, 0.6) is 0 Å². The third-order valence-corrected chi connectivity index (χ3v) is 3.98. The number of anilines is 1. The molecule has 0 saturated carbocycles. The molecule has 0 bridgehead atoms. The lowest BCUT2D eigenvalue weighted by Crippen LogP contribution is -2.49. The number of hydrogen-bond donors (Lipinski definition) is 1. The van der Waals surface area contributed by atoms with E-state index in [4.69, 9.17) is 0 Å². The number of aliphatic imine (C=N–C) groups is 1. The van der Waals surface area contributed by atoms with Gasteiger partial charge in [-0.3, -0.25) is 9.89 Å². The van der Waals surface area contributed by atoms with Gasteiger partial charge in [0.25, 0.3) is 0 Å². The van der Waals surface area contributed by atoms with Gasteiger partial charge in [0.2, 0.25) is 5.95 Å². The molecule has 0 radical (unpaired) electrons. The van der Waals surface area contributed by atoms with Gasteiger partial charge in [-0.05, 0) is 6.07 Å². The minimum Gasteiger partial charge on any atom is -0.355 e. The Labute approximate surface area is 148 Å². The summed E-state index contributed by atoms with van der Waals surface area (Å²) in [6.07, 6.45) is 3.61. The average Bonchev–Trinajstić information content (AvgIpc) is 2.94. The minimum atomic E-state index is 0. The van der Waals surface area contributed by atoms with Crippen molar-refractivity contribution < 1.29 is 0 Å². The molecular formula is C14H24IN7. The highest BCUT2D eigenvalue weighted by Crippen LogP contribution is 2.09. The molecule has 1 fully saturated rings. The fourth-order valence-electron chi connectivity index (χ4n) is 2.68. The van der Waals surface area contributed by atoms with Gasteiger partial charge < -0.3 is 15.1 Å². The normalized spacial score (nSPS) is 18.9. The third kappa shape index (κ3) is 4.42. The number of likely N-dealkylation sites (N-methyl/N-ethyl adjacent to an activating group) is 1. The molecule has 2 aliphatic heterocycles. The van der Waals surface area contributed by atoms with Crippen LogP contribution in [0.3, 0.4) is 0 Å². The van der Waals surface area contributed by atoms with Crippen LogP contribution in [0.1, 0.15) is 0 Å². The molecule has 1 aromatic rings. The Morgan fingerprint density at radius 1 is 1.09 bits per heavy atom. The van der Waals surface area contributed by atoms with Crippen LogP contribution < -0.4 is 10.2 Å². The molecule has 22 heavy (non-hydrogen) atoms. The summed E-state index contributed by atoms with van der Waals surface area (Å²) in [4.78, 5) is 20.0. The van der Waals surface area contributed by atoms with Gasteiger partial charge in [0, 0.05) is 65.3 Å². The van der Waals surface area contributed by atoms with Gasteiger partial charge in [0.15, 0.2) is 5.96 Å².